The summed E-state index contributed by atoms with van der Waals surface area (Å²) < 4.78 is 0. The third kappa shape index (κ3) is 7.85. The Labute approximate surface area is 142 Å². The predicted molar refractivity (Wildman–Crippen MR) is 95.2 cm³/mol. The van der Waals surface area contributed by atoms with Gasteiger partial charge in [0.25, 0.3) is 0 Å². The minimum Gasteiger partial charge on any atom is -0.354 e. The molecule has 0 saturated carbocycles. The molecule has 0 radical (unpaired) electrons. The maximum Gasteiger partial charge on any atom is 0.242 e. The Morgan fingerprint density at radius 2 is 1.74 bits per heavy atom. The van der Waals surface area contributed by atoms with Crippen molar-refractivity contribution < 1.29 is 9.59 Å². The van der Waals surface area contributed by atoms with Gasteiger partial charge in [-0.25, -0.2) is 0 Å². The molecule has 1 unspecified atom stereocenters. The summed E-state index contributed by atoms with van der Waals surface area (Å²) in [6, 6.07) is -0.339. The van der Waals surface area contributed by atoms with Crippen LogP contribution in [0.15, 0.2) is 0 Å². The molecule has 0 aromatic rings. The zero-order valence-electron chi connectivity index (χ0n) is 15.4. The molecule has 4 heteroatoms. The Morgan fingerprint density at radius 3 is 2.35 bits per heavy atom. The number of hydrogen-bond donors (Lipinski definition) is 2. The van der Waals surface area contributed by atoms with E-state index in [0.717, 1.165) is 32.2 Å². The Kier molecular flexibility index (Phi) is 9.27. The average Bonchev–Trinajstić information content (AvgIpc) is 2.52. The van der Waals surface area contributed by atoms with Gasteiger partial charge in [0.05, 0.1) is 0 Å². The molecule has 23 heavy (non-hydrogen) atoms. The van der Waals surface area contributed by atoms with Gasteiger partial charge in [-0.2, -0.15) is 0 Å². The second kappa shape index (κ2) is 10.7. The number of rotatable bonds is 11. The van der Waals surface area contributed by atoms with Crippen molar-refractivity contribution in [3.05, 3.63) is 0 Å². The molecule has 1 atom stereocenters. The van der Waals surface area contributed by atoms with E-state index in [0.29, 0.717) is 0 Å². The predicted octanol–water partition coefficient (Wildman–Crippen LogP) is 3.94. The third-order valence-electron chi connectivity index (χ3n) is 4.86. The lowest BCUT2D eigenvalue weighted by Gasteiger charge is -2.29. The first-order valence-electron chi connectivity index (χ1n) is 9.56. The number of unbranched alkanes of at least 4 members (excludes halogenated alkanes) is 7. The van der Waals surface area contributed by atoms with Crippen LogP contribution in [0.25, 0.3) is 0 Å². The van der Waals surface area contributed by atoms with Gasteiger partial charge >= 0.3 is 0 Å². The number of piperidine rings is 1. The molecule has 2 N–H and O–H groups in total. The minimum atomic E-state index is -0.389. The summed E-state index contributed by atoms with van der Waals surface area (Å²) >= 11 is 0. The lowest BCUT2D eigenvalue weighted by molar-refractivity contribution is -0.135. The van der Waals surface area contributed by atoms with Gasteiger partial charge in [-0.1, -0.05) is 72.1 Å². The first kappa shape index (κ1) is 20.0. The van der Waals surface area contributed by atoms with Gasteiger partial charge in [0.2, 0.25) is 11.8 Å². The van der Waals surface area contributed by atoms with Crippen molar-refractivity contribution in [3.8, 4) is 0 Å². The van der Waals surface area contributed by atoms with Crippen molar-refractivity contribution in [2.24, 2.45) is 5.41 Å². The van der Waals surface area contributed by atoms with Gasteiger partial charge < -0.3 is 10.6 Å². The van der Waals surface area contributed by atoms with E-state index in [4.69, 9.17) is 0 Å². The van der Waals surface area contributed by atoms with E-state index >= 15 is 0 Å². The summed E-state index contributed by atoms with van der Waals surface area (Å²) in [4.78, 5) is 24.2. The number of nitrogens with one attached hydrogen (secondary N) is 2. The summed E-state index contributed by atoms with van der Waals surface area (Å²) in [5, 5.41) is 5.75. The smallest absolute Gasteiger partial charge is 0.242 e. The van der Waals surface area contributed by atoms with Crippen molar-refractivity contribution in [2.75, 3.05) is 6.54 Å². The van der Waals surface area contributed by atoms with E-state index in [2.05, 4.69) is 17.6 Å². The molecule has 4 nitrogen and oxygen atoms in total. The second-order valence-corrected chi connectivity index (χ2v) is 7.57. The van der Waals surface area contributed by atoms with Crippen LogP contribution in [-0.2, 0) is 9.59 Å². The molecular weight excluding hydrogens is 288 g/mol. The Morgan fingerprint density at radius 1 is 1.13 bits per heavy atom. The number of amides is 2. The summed E-state index contributed by atoms with van der Waals surface area (Å²) in [6.45, 7) is 6.95. The Bertz CT molecular complexity index is 366. The first-order valence-corrected chi connectivity index (χ1v) is 9.56. The molecule has 1 aliphatic rings. The van der Waals surface area contributed by atoms with Crippen LogP contribution in [0.5, 0.6) is 0 Å². The maximum absolute atomic E-state index is 12.4. The quantitative estimate of drug-likeness (QED) is 0.566. The summed E-state index contributed by atoms with van der Waals surface area (Å²) in [7, 11) is 0. The minimum absolute atomic E-state index is 0.0162. The fraction of sp³-hybridized carbons (Fsp3) is 0.895. The number of hydrogen-bond acceptors (Lipinski definition) is 2. The molecule has 0 aromatic heterocycles. The molecule has 0 spiro atoms. The van der Waals surface area contributed by atoms with Crippen molar-refractivity contribution in [3.63, 3.8) is 0 Å². The zero-order valence-corrected chi connectivity index (χ0v) is 15.4. The monoisotopic (exact) mass is 324 g/mol. The summed E-state index contributed by atoms with van der Waals surface area (Å²) in [5.74, 6) is -0.0185. The lowest BCUT2D eigenvalue weighted by Crippen LogP contribution is -2.53. The van der Waals surface area contributed by atoms with Crippen molar-refractivity contribution in [1.29, 1.82) is 0 Å². The molecule has 0 bridgehead atoms. The fourth-order valence-electron chi connectivity index (χ4n) is 3.08. The van der Waals surface area contributed by atoms with Gasteiger partial charge in [0, 0.05) is 12.0 Å². The van der Waals surface area contributed by atoms with Crippen molar-refractivity contribution in [2.45, 2.75) is 97.4 Å². The SMILES string of the molecule is CCCCCCCCCCC(C)(C)C(=O)NC1CCCNC1=O. The van der Waals surface area contributed by atoms with Crippen LogP contribution in [-0.4, -0.2) is 24.4 Å². The maximum atomic E-state index is 12.4. The van der Waals surface area contributed by atoms with E-state index < -0.39 is 0 Å². The van der Waals surface area contributed by atoms with Crippen LogP contribution in [0.4, 0.5) is 0 Å². The van der Waals surface area contributed by atoms with Crippen molar-refractivity contribution in [1.82, 2.24) is 10.6 Å². The molecule has 0 aliphatic carbocycles. The molecule has 2 amide bonds. The van der Waals surface area contributed by atoms with Gasteiger partial charge in [-0.15, -0.1) is 0 Å². The summed E-state index contributed by atoms with van der Waals surface area (Å²) in [5.41, 5.74) is -0.389. The Balaban J connectivity index is 2.18. The average molecular weight is 325 g/mol. The second-order valence-electron chi connectivity index (χ2n) is 7.57. The first-order chi connectivity index (χ1) is 11.0. The van der Waals surface area contributed by atoms with E-state index in [1.54, 1.807) is 0 Å². The van der Waals surface area contributed by atoms with Crippen LogP contribution in [0.3, 0.4) is 0 Å². The molecule has 0 aromatic carbocycles. The highest BCUT2D eigenvalue weighted by molar-refractivity contribution is 5.90. The van der Waals surface area contributed by atoms with Crippen LogP contribution < -0.4 is 10.6 Å². The van der Waals surface area contributed by atoms with Crippen LogP contribution in [0.2, 0.25) is 0 Å². The zero-order chi connectivity index (χ0) is 17.1. The van der Waals surface area contributed by atoms with Crippen LogP contribution in [0, 0.1) is 5.41 Å². The van der Waals surface area contributed by atoms with E-state index in [9.17, 15) is 9.59 Å². The number of carbonyl (C=O) groups excluding carboxylic acids is 2. The standard InChI is InChI=1S/C19H36N2O2/c1-4-5-6-7-8-9-10-11-14-19(2,3)18(23)21-16-13-12-15-20-17(16)22/h16H,4-15H2,1-3H3,(H,20,22)(H,21,23). The number of carbonyl (C=O) groups is 2. The van der Waals surface area contributed by atoms with Crippen LogP contribution in [0.1, 0.15) is 91.4 Å². The molecule has 1 fully saturated rings. The molecule has 1 aliphatic heterocycles. The van der Waals surface area contributed by atoms with E-state index in [-0.39, 0.29) is 23.3 Å². The van der Waals surface area contributed by atoms with E-state index in [1.807, 2.05) is 13.8 Å². The largest absolute Gasteiger partial charge is 0.354 e. The molecule has 134 valence electrons. The van der Waals surface area contributed by atoms with E-state index in [1.165, 1.54) is 44.9 Å². The molecule has 1 heterocycles. The highest BCUT2D eigenvalue weighted by Crippen LogP contribution is 2.25. The molecule has 1 rings (SSSR count). The van der Waals surface area contributed by atoms with Gasteiger partial charge in [0.15, 0.2) is 0 Å². The van der Waals surface area contributed by atoms with Crippen LogP contribution >= 0.6 is 0 Å². The van der Waals surface area contributed by atoms with Gasteiger partial charge in [0.1, 0.15) is 6.04 Å². The van der Waals surface area contributed by atoms with Gasteiger partial charge in [-0.05, 0) is 19.3 Å². The third-order valence-corrected chi connectivity index (χ3v) is 4.86. The normalized spacial score (nSPS) is 18.6. The topological polar surface area (TPSA) is 58.2 Å². The highest BCUT2D eigenvalue weighted by atomic mass is 16.2. The molecule has 1 saturated heterocycles. The highest BCUT2D eigenvalue weighted by Gasteiger charge is 2.31. The summed E-state index contributed by atoms with van der Waals surface area (Å²) in [6.07, 6.45) is 12.8. The Hall–Kier alpha value is -1.06. The lowest BCUT2D eigenvalue weighted by atomic mass is 9.85. The van der Waals surface area contributed by atoms with Gasteiger partial charge in [-0.3, -0.25) is 9.59 Å². The van der Waals surface area contributed by atoms with Crippen molar-refractivity contribution >= 4 is 11.8 Å². The molecular formula is C19H36N2O2. The fourth-order valence-corrected chi connectivity index (χ4v) is 3.08.